The molecule has 2 amide bonds. The number of likely N-dealkylation sites (tertiary alicyclic amines) is 1. The Morgan fingerprint density at radius 3 is 2.78 bits per heavy atom. The number of aryl methyl sites for hydroxylation is 1. The lowest BCUT2D eigenvalue weighted by Gasteiger charge is -2.22. The fraction of sp³-hybridized carbons (Fsp3) is 0.250. The Bertz CT molecular complexity index is 955. The topological polar surface area (TPSA) is 71.3 Å². The number of urea groups is 1. The molecule has 138 valence electrons. The Hall–Kier alpha value is -2.86. The monoisotopic (exact) mass is 382 g/mol. The van der Waals surface area contributed by atoms with Gasteiger partial charge in [0.05, 0.1) is 0 Å². The van der Waals surface area contributed by atoms with Crippen LogP contribution in [0.2, 0.25) is 5.02 Å². The van der Waals surface area contributed by atoms with Crippen LogP contribution in [0, 0.1) is 6.92 Å². The van der Waals surface area contributed by atoms with Gasteiger partial charge < -0.3 is 14.7 Å². The molecule has 1 aliphatic rings. The van der Waals surface area contributed by atoms with Crippen LogP contribution in [-0.4, -0.2) is 27.6 Å². The van der Waals surface area contributed by atoms with Gasteiger partial charge in [-0.05, 0) is 55.7 Å². The van der Waals surface area contributed by atoms with E-state index >= 15 is 0 Å². The average Bonchev–Trinajstić information content (AvgIpc) is 3.33. The summed E-state index contributed by atoms with van der Waals surface area (Å²) >= 11 is 5.92. The number of carbonyl (C=O) groups excluding carboxylic acids is 1. The largest absolute Gasteiger partial charge is 0.337 e. The van der Waals surface area contributed by atoms with E-state index in [0.29, 0.717) is 23.3 Å². The molecule has 0 radical (unpaired) electrons. The van der Waals surface area contributed by atoms with Gasteiger partial charge in [-0.15, -0.1) is 0 Å². The summed E-state index contributed by atoms with van der Waals surface area (Å²) in [5.41, 5.74) is 2.65. The van der Waals surface area contributed by atoms with Crippen molar-refractivity contribution in [3.05, 3.63) is 65.0 Å². The Labute approximate surface area is 162 Å². The van der Waals surface area contributed by atoms with Gasteiger partial charge in [-0.2, -0.15) is 4.98 Å². The molecule has 0 unspecified atom stereocenters. The standard InChI is InChI=1S/C20H19ClN4O2/c1-13-5-2-3-6-16(13)22-20(26)25-12-4-7-17(25)19-23-18(24-27-19)14-8-10-15(21)11-9-14/h2-3,5-6,8-11,17H,4,7,12H2,1H3,(H,22,26)/t17-/m1/s1. The second-order valence-electron chi connectivity index (χ2n) is 6.56. The zero-order valence-electron chi connectivity index (χ0n) is 14.9. The van der Waals surface area contributed by atoms with Crippen molar-refractivity contribution >= 4 is 23.3 Å². The summed E-state index contributed by atoms with van der Waals surface area (Å²) in [4.78, 5) is 19.0. The maximum absolute atomic E-state index is 12.8. The van der Waals surface area contributed by atoms with E-state index < -0.39 is 0 Å². The molecular formula is C20H19ClN4O2. The van der Waals surface area contributed by atoms with E-state index in [4.69, 9.17) is 16.1 Å². The Balaban J connectivity index is 1.52. The molecule has 3 aromatic rings. The van der Waals surface area contributed by atoms with Crippen LogP contribution in [0.5, 0.6) is 0 Å². The summed E-state index contributed by atoms with van der Waals surface area (Å²) in [6, 6.07) is 14.6. The number of rotatable bonds is 3. The highest BCUT2D eigenvalue weighted by Crippen LogP contribution is 2.33. The second kappa shape index (κ2) is 7.40. The molecule has 2 heterocycles. The molecule has 0 bridgehead atoms. The van der Waals surface area contributed by atoms with Crippen molar-refractivity contribution in [2.75, 3.05) is 11.9 Å². The molecule has 0 saturated carbocycles. The highest BCUT2D eigenvalue weighted by Gasteiger charge is 2.34. The summed E-state index contributed by atoms with van der Waals surface area (Å²) in [5, 5.41) is 7.69. The molecule has 27 heavy (non-hydrogen) atoms. The summed E-state index contributed by atoms with van der Waals surface area (Å²) in [6.45, 7) is 2.62. The number of hydrogen-bond acceptors (Lipinski definition) is 4. The molecule has 4 rings (SSSR count). The normalized spacial score (nSPS) is 16.5. The van der Waals surface area contributed by atoms with Crippen LogP contribution in [-0.2, 0) is 0 Å². The first-order chi connectivity index (χ1) is 13.1. The van der Waals surface area contributed by atoms with Gasteiger partial charge in [0.2, 0.25) is 11.7 Å². The van der Waals surface area contributed by atoms with Crippen LogP contribution < -0.4 is 5.32 Å². The third-order valence-electron chi connectivity index (χ3n) is 4.73. The third-order valence-corrected chi connectivity index (χ3v) is 4.98. The number of para-hydroxylation sites is 1. The molecule has 6 nitrogen and oxygen atoms in total. The van der Waals surface area contributed by atoms with E-state index in [9.17, 15) is 4.79 Å². The summed E-state index contributed by atoms with van der Waals surface area (Å²) < 4.78 is 5.47. The van der Waals surface area contributed by atoms with Crippen molar-refractivity contribution in [3.63, 3.8) is 0 Å². The van der Waals surface area contributed by atoms with Crippen LogP contribution >= 0.6 is 11.6 Å². The van der Waals surface area contributed by atoms with E-state index in [1.54, 1.807) is 17.0 Å². The maximum atomic E-state index is 12.8. The van der Waals surface area contributed by atoms with E-state index in [0.717, 1.165) is 29.7 Å². The lowest BCUT2D eigenvalue weighted by molar-refractivity contribution is 0.193. The van der Waals surface area contributed by atoms with Gasteiger partial charge in [-0.25, -0.2) is 4.79 Å². The Morgan fingerprint density at radius 1 is 1.22 bits per heavy atom. The van der Waals surface area contributed by atoms with Crippen LogP contribution in [0.4, 0.5) is 10.5 Å². The summed E-state index contributed by atoms with van der Waals surface area (Å²) in [7, 11) is 0. The van der Waals surface area contributed by atoms with E-state index in [2.05, 4.69) is 15.5 Å². The van der Waals surface area contributed by atoms with Gasteiger partial charge in [-0.3, -0.25) is 0 Å². The smallest absolute Gasteiger partial charge is 0.322 e. The molecule has 1 atom stereocenters. The van der Waals surface area contributed by atoms with E-state index in [1.165, 1.54) is 0 Å². The number of nitrogens with zero attached hydrogens (tertiary/aromatic N) is 3. The lowest BCUT2D eigenvalue weighted by Crippen LogP contribution is -2.34. The number of aromatic nitrogens is 2. The van der Waals surface area contributed by atoms with Gasteiger partial charge >= 0.3 is 6.03 Å². The minimum absolute atomic E-state index is 0.155. The lowest BCUT2D eigenvalue weighted by atomic mass is 10.2. The second-order valence-corrected chi connectivity index (χ2v) is 7.00. The molecule has 1 aromatic heterocycles. The van der Waals surface area contributed by atoms with Gasteiger partial charge in [0.1, 0.15) is 6.04 Å². The number of halogens is 1. The van der Waals surface area contributed by atoms with Crippen molar-refractivity contribution in [3.8, 4) is 11.4 Å². The molecule has 1 saturated heterocycles. The van der Waals surface area contributed by atoms with Crippen LogP contribution in [0.3, 0.4) is 0 Å². The zero-order chi connectivity index (χ0) is 18.8. The third kappa shape index (κ3) is 3.66. The van der Waals surface area contributed by atoms with Crippen molar-refractivity contribution in [2.45, 2.75) is 25.8 Å². The van der Waals surface area contributed by atoms with Crippen molar-refractivity contribution < 1.29 is 9.32 Å². The highest BCUT2D eigenvalue weighted by molar-refractivity contribution is 6.30. The van der Waals surface area contributed by atoms with Crippen molar-refractivity contribution in [2.24, 2.45) is 0 Å². The first-order valence-electron chi connectivity index (χ1n) is 8.84. The summed E-state index contributed by atoms with van der Waals surface area (Å²) in [6.07, 6.45) is 1.69. The Kier molecular flexibility index (Phi) is 4.81. The van der Waals surface area contributed by atoms with Crippen LogP contribution in [0.15, 0.2) is 53.1 Å². The van der Waals surface area contributed by atoms with E-state index in [1.807, 2.05) is 43.3 Å². The SMILES string of the molecule is Cc1ccccc1NC(=O)N1CCC[C@@H]1c1nc(-c2ccc(Cl)cc2)no1. The molecule has 2 aromatic carbocycles. The first-order valence-corrected chi connectivity index (χ1v) is 9.22. The highest BCUT2D eigenvalue weighted by atomic mass is 35.5. The molecule has 1 fully saturated rings. The fourth-order valence-electron chi connectivity index (χ4n) is 3.25. The van der Waals surface area contributed by atoms with Crippen LogP contribution in [0.25, 0.3) is 11.4 Å². The quantitative estimate of drug-likeness (QED) is 0.686. The number of nitrogens with one attached hydrogen (secondary N) is 1. The average molecular weight is 383 g/mol. The minimum Gasteiger partial charge on any atom is -0.337 e. The number of hydrogen-bond donors (Lipinski definition) is 1. The van der Waals surface area contributed by atoms with Crippen molar-refractivity contribution in [1.29, 1.82) is 0 Å². The number of benzene rings is 2. The molecule has 1 aliphatic heterocycles. The van der Waals surface area contributed by atoms with Gasteiger partial charge in [0, 0.05) is 22.8 Å². The van der Waals surface area contributed by atoms with Crippen LogP contribution in [0.1, 0.15) is 30.3 Å². The maximum Gasteiger partial charge on any atom is 0.322 e. The van der Waals surface area contributed by atoms with E-state index in [-0.39, 0.29) is 12.1 Å². The molecule has 0 aliphatic carbocycles. The van der Waals surface area contributed by atoms with Gasteiger partial charge in [0.15, 0.2) is 0 Å². The molecule has 0 spiro atoms. The molecule has 1 N–H and O–H groups in total. The Morgan fingerprint density at radius 2 is 2.00 bits per heavy atom. The number of amides is 2. The predicted molar refractivity (Wildman–Crippen MR) is 104 cm³/mol. The molecular weight excluding hydrogens is 364 g/mol. The predicted octanol–water partition coefficient (Wildman–Crippen LogP) is 5.07. The number of anilines is 1. The summed E-state index contributed by atoms with van der Waals surface area (Å²) in [5.74, 6) is 0.949. The van der Waals surface area contributed by atoms with Gasteiger partial charge in [0.25, 0.3) is 0 Å². The zero-order valence-corrected chi connectivity index (χ0v) is 15.6. The van der Waals surface area contributed by atoms with Crippen molar-refractivity contribution in [1.82, 2.24) is 15.0 Å². The number of carbonyl (C=O) groups is 1. The first kappa shape index (κ1) is 17.5. The fourth-order valence-corrected chi connectivity index (χ4v) is 3.38. The van der Waals surface area contributed by atoms with Gasteiger partial charge in [-0.1, -0.05) is 35.0 Å². The minimum atomic E-state index is -0.220. The molecule has 7 heteroatoms.